The van der Waals surface area contributed by atoms with E-state index in [4.69, 9.17) is 4.74 Å². The predicted octanol–water partition coefficient (Wildman–Crippen LogP) is 0.641. The molecule has 19 heavy (non-hydrogen) atoms. The molecule has 0 bridgehead atoms. The standard InChI is InChI=1S/C13H23N5O/c1-10-16-12(15-5-7-19-3)8-13(17-10)18-6-4-11(9-18)14-2/h8,11,14H,4-7,9H2,1-3H3,(H,15,16,17). The Kier molecular flexibility index (Phi) is 4.93. The zero-order chi connectivity index (χ0) is 13.7. The molecule has 1 unspecified atom stereocenters. The molecule has 106 valence electrons. The zero-order valence-electron chi connectivity index (χ0n) is 11.9. The Morgan fingerprint density at radius 3 is 3.00 bits per heavy atom. The number of nitrogens with one attached hydrogen (secondary N) is 2. The van der Waals surface area contributed by atoms with Crippen LogP contribution in [0.1, 0.15) is 12.2 Å². The third kappa shape index (κ3) is 3.78. The zero-order valence-corrected chi connectivity index (χ0v) is 11.9. The van der Waals surface area contributed by atoms with E-state index in [9.17, 15) is 0 Å². The number of aryl methyl sites for hydroxylation is 1. The molecule has 1 aromatic rings. The van der Waals surface area contributed by atoms with Crippen LogP contribution in [0.4, 0.5) is 11.6 Å². The van der Waals surface area contributed by atoms with Gasteiger partial charge in [-0.05, 0) is 20.4 Å². The number of aromatic nitrogens is 2. The maximum absolute atomic E-state index is 5.03. The van der Waals surface area contributed by atoms with E-state index < -0.39 is 0 Å². The van der Waals surface area contributed by atoms with E-state index in [0.717, 1.165) is 43.5 Å². The van der Waals surface area contributed by atoms with Crippen LogP contribution in [-0.4, -0.2) is 56.4 Å². The van der Waals surface area contributed by atoms with Crippen molar-refractivity contribution in [1.82, 2.24) is 15.3 Å². The van der Waals surface area contributed by atoms with Crippen LogP contribution < -0.4 is 15.5 Å². The molecule has 0 aliphatic carbocycles. The summed E-state index contributed by atoms with van der Waals surface area (Å²) < 4.78 is 5.03. The van der Waals surface area contributed by atoms with Crippen molar-refractivity contribution in [2.24, 2.45) is 0 Å². The van der Waals surface area contributed by atoms with Crippen LogP contribution in [0.25, 0.3) is 0 Å². The fraction of sp³-hybridized carbons (Fsp3) is 0.692. The summed E-state index contributed by atoms with van der Waals surface area (Å²) in [4.78, 5) is 11.2. The van der Waals surface area contributed by atoms with E-state index >= 15 is 0 Å². The summed E-state index contributed by atoms with van der Waals surface area (Å²) in [6, 6.07) is 2.57. The molecule has 0 spiro atoms. The van der Waals surface area contributed by atoms with Gasteiger partial charge in [-0.15, -0.1) is 0 Å². The number of hydrogen-bond acceptors (Lipinski definition) is 6. The number of ether oxygens (including phenoxy) is 1. The maximum atomic E-state index is 5.03. The summed E-state index contributed by atoms with van der Waals surface area (Å²) in [6.45, 7) is 5.40. The second-order valence-corrected chi connectivity index (χ2v) is 4.80. The lowest BCUT2D eigenvalue weighted by Gasteiger charge is -2.18. The van der Waals surface area contributed by atoms with Crippen molar-refractivity contribution < 1.29 is 4.74 Å². The lowest BCUT2D eigenvalue weighted by Crippen LogP contribution is -2.30. The van der Waals surface area contributed by atoms with Gasteiger partial charge in [0.1, 0.15) is 17.5 Å². The number of anilines is 2. The second kappa shape index (κ2) is 6.68. The van der Waals surface area contributed by atoms with Gasteiger partial charge in [-0.3, -0.25) is 0 Å². The molecule has 1 atom stereocenters. The van der Waals surface area contributed by atoms with Crippen LogP contribution in [-0.2, 0) is 4.74 Å². The van der Waals surface area contributed by atoms with E-state index in [0.29, 0.717) is 12.6 Å². The minimum absolute atomic E-state index is 0.556. The van der Waals surface area contributed by atoms with Crippen molar-refractivity contribution in [3.05, 3.63) is 11.9 Å². The molecule has 2 N–H and O–H groups in total. The van der Waals surface area contributed by atoms with E-state index in [-0.39, 0.29) is 0 Å². The van der Waals surface area contributed by atoms with Crippen LogP contribution in [0, 0.1) is 6.92 Å². The summed E-state index contributed by atoms with van der Waals surface area (Å²) in [5, 5.41) is 6.57. The minimum Gasteiger partial charge on any atom is -0.383 e. The topological polar surface area (TPSA) is 62.3 Å². The molecule has 1 fully saturated rings. The Morgan fingerprint density at radius 2 is 2.32 bits per heavy atom. The summed E-state index contributed by atoms with van der Waals surface area (Å²) in [6.07, 6.45) is 1.16. The van der Waals surface area contributed by atoms with Crippen LogP contribution in [0.5, 0.6) is 0 Å². The molecule has 1 aromatic heterocycles. The largest absolute Gasteiger partial charge is 0.383 e. The highest BCUT2D eigenvalue weighted by Crippen LogP contribution is 2.20. The molecule has 6 nitrogen and oxygen atoms in total. The highest BCUT2D eigenvalue weighted by Gasteiger charge is 2.22. The number of hydrogen-bond donors (Lipinski definition) is 2. The van der Waals surface area contributed by atoms with Gasteiger partial charge in [0.05, 0.1) is 6.61 Å². The van der Waals surface area contributed by atoms with E-state index in [2.05, 4.69) is 25.5 Å². The molecule has 0 saturated carbocycles. The SMILES string of the molecule is CNC1CCN(c2cc(NCCOC)nc(C)n2)C1. The van der Waals surface area contributed by atoms with Gasteiger partial charge in [0.2, 0.25) is 0 Å². The molecule has 1 aliphatic rings. The Balaban J connectivity index is 2.04. The van der Waals surface area contributed by atoms with Gasteiger partial charge in [0.25, 0.3) is 0 Å². The quantitative estimate of drug-likeness (QED) is 0.736. The van der Waals surface area contributed by atoms with Crippen molar-refractivity contribution in [3.63, 3.8) is 0 Å². The van der Waals surface area contributed by atoms with Gasteiger partial charge in [0.15, 0.2) is 0 Å². The Morgan fingerprint density at radius 1 is 1.47 bits per heavy atom. The molecule has 1 aliphatic heterocycles. The summed E-state index contributed by atoms with van der Waals surface area (Å²) in [5.41, 5.74) is 0. The van der Waals surface area contributed by atoms with E-state index in [1.54, 1.807) is 7.11 Å². The molecule has 0 aromatic carbocycles. The molecule has 0 radical (unpaired) electrons. The molecular formula is C13H23N5O. The second-order valence-electron chi connectivity index (χ2n) is 4.80. The van der Waals surface area contributed by atoms with Crippen molar-refractivity contribution in [2.45, 2.75) is 19.4 Å². The first-order chi connectivity index (χ1) is 9.22. The number of rotatable bonds is 6. The third-order valence-electron chi connectivity index (χ3n) is 3.36. The summed E-state index contributed by atoms with van der Waals surface area (Å²) >= 11 is 0. The average Bonchev–Trinajstić information content (AvgIpc) is 2.87. The Hall–Kier alpha value is -1.40. The van der Waals surface area contributed by atoms with Gasteiger partial charge in [-0.1, -0.05) is 0 Å². The van der Waals surface area contributed by atoms with Crippen LogP contribution in [0.15, 0.2) is 6.07 Å². The Labute approximate surface area is 114 Å². The van der Waals surface area contributed by atoms with Gasteiger partial charge in [0, 0.05) is 38.9 Å². The monoisotopic (exact) mass is 265 g/mol. The van der Waals surface area contributed by atoms with Crippen molar-refractivity contribution >= 4 is 11.6 Å². The number of likely N-dealkylation sites (N-methyl/N-ethyl adjacent to an activating group) is 1. The summed E-state index contributed by atoms with van der Waals surface area (Å²) in [7, 11) is 3.71. The lowest BCUT2D eigenvalue weighted by molar-refractivity contribution is 0.210. The predicted molar refractivity (Wildman–Crippen MR) is 76.8 cm³/mol. The van der Waals surface area contributed by atoms with Crippen molar-refractivity contribution in [1.29, 1.82) is 0 Å². The fourth-order valence-corrected chi connectivity index (χ4v) is 2.29. The van der Waals surface area contributed by atoms with Crippen molar-refractivity contribution in [3.8, 4) is 0 Å². The highest BCUT2D eigenvalue weighted by atomic mass is 16.5. The fourth-order valence-electron chi connectivity index (χ4n) is 2.29. The smallest absolute Gasteiger partial charge is 0.134 e. The molecule has 2 heterocycles. The molecule has 1 saturated heterocycles. The minimum atomic E-state index is 0.556. The Bertz CT molecular complexity index is 412. The number of methoxy groups -OCH3 is 1. The van der Waals surface area contributed by atoms with Gasteiger partial charge in [-0.25, -0.2) is 9.97 Å². The van der Waals surface area contributed by atoms with Crippen molar-refractivity contribution in [2.75, 3.05) is 50.6 Å². The first-order valence-electron chi connectivity index (χ1n) is 6.73. The molecule has 0 amide bonds. The number of nitrogens with zero attached hydrogens (tertiary/aromatic N) is 3. The third-order valence-corrected chi connectivity index (χ3v) is 3.36. The van der Waals surface area contributed by atoms with Crippen LogP contribution in [0.2, 0.25) is 0 Å². The van der Waals surface area contributed by atoms with E-state index in [1.165, 1.54) is 0 Å². The van der Waals surface area contributed by atoms with Crippen LogP contribution >= 0.6 is 0 Å². The maximum Gasteiger partial charge on any atom is 0.134 e. The molecule has 6 heteroatoms. The molecular weight excluding hydrogens is 242 g/mol. The summed E-state index contributed by atoms with van der Waals surface area (Å²) in [5.74, 6) is 2.67. The van der Waals surface area contributed by atoms with Gasteiger partial charge >= 0.3 is 0 Å². The average molecular weight is 265 g/mol. The van der Waals surface area contributed by atoms with Crippen LogP contribution in [0.3, 0.4) is 0 Å². The lowest BCUT2D eigenvalue weighted by atomic mass is 10.3. The molecule has 2 rings (SSSR count). The normalized spacial score (nSPS) is 18.9. The van der Waals surface area contributed by atoms with E-state index in [1.807, 2.05) is 20.0 Å². The highest BCUT2D eigenvalue weighted by molar-refractivity contribution is 5.50. The first-order valence-corrected chi connectivity index (χ1v) is 6.73. The first kappa shape index (κ1) is 14.0. The van der Waals surface area contributed by atoms with Gasteiger partial charge in [-0.2, -0.15) is 0 Å². The van der Waals surface area contributed by atoms with Gasteiger partial charge < -0.3 is 20.3 Å².